The number of nitrogens with two attached hydrogens (primary N) is 1. The lowest BCUT2D eigenvalue weighted by Crippen LogP contribution is -2.42. The van der Waals surface area contributed by atoms with Gasteiger partial charge in [0.2, 0.25) is 10.0 Å². The normalized spacial score (nSPS) is 19.3. The standard InChI is InChI=1S/C14H22N2O3S2/c1-11-9-13(3-4-14(11)15)21(17,18)16(6-7-19-2)12-5-8-20-10-12/h3-4,9,12H,5-8,10,15H2,1-2H3. The summed E-state index contributed by atoms with van der Waals surface area (Å²) in [4.78, 5) is 0.308. The van der Waals surface area contributed by atoms with Crippen molar-refractivity contribution in [2.45, 2.75) is 24.3 Å². The van der Waals surface area contributed by atoms with Crippen molar-refractivity contribution in [2.24, 2.45) is 0 Å². The van der Waals surface area contributed by atoms with Crippen molar-refractivity contribution in [3.05, 3.63) is 23.8 Å². The first kappa shape index (κ1) is 16.6. The third kappa shape index (κ3) is 3.71. The SMILES string of the molecule is COCCN(C1CCSC1)S(=O)(=O)c1ccc(N)c(C)c1. The minimum atomic E-state index is -3.51. The summed E-state index contributed by atoms with van der Waals surface area (Å²) in [6.07, 6.45) is 0.890. The van der Waals surface area contributed by atoms with E-state index in [2.05, 4.69) is 0 Å². The molecule has 0 aromatic heterocycles. The Hall–Kier alpha value is -0.760. The van der Waals surface area contributed by atoms with E-state index in [-0.39, 0.29) is 6.04 Å². The minimum Gasteiger partial charge on any atom is -0.399 e. The molecule has 0 amide bonds. The summed E-state index contributed by atoms with van der Waals surface area (Å²) in [7, 11) is -1.93. The van der Waals surface area contributed by atoms with Gasteiger partial charge >= 0.3 is 0 Å². The van der Waals surface area contributed by atoms with Crippen LogP contribution >= 0.6 is 11.8 Å². The van der Waals surface area contributed by atoms with E-state index in [9.17, 15) is 8.42 Å². The van der Waals surface area contributed by atoms with Gasteiger partial charge in [0.1, 0.15) is 0 Å². The smallest absolute Gasteiger partial charge is 0.243 e. The van der Waals surface area contributed by atoms with Gasteiger partial charge in [-0.25, -0.2) is 8.42 Å². The first-order valence-corrected chi connectivity index (χ1v) is 9.51. The molecule has 0 radical (unpaired) electrons. The Morgan fingerprint density at radius 3 is 2.81 bits per heavy atom. The van der Waals surface area contributed by atoms with Crippen LogP contribution in [0.25, 0.3) is 0 Å². The van der Waals surface area contributed by atoms with Crippen molar-refractivity contribution in [1.29, 1.82) is 0 Å². The highest BCUT2D eigenvalue weighted by Crippen LogP contribution is 2.28. The number of hydrogen-bond donors (Lipinski definition) is 1. The number of sulfonamides is 1. The predicted octanol–water partition coefficient (Wildman–Crippen LogP) is 1.72. The van der Waals surface area contributed by atoms with E-state index < -0.39 is 10.0 Å². The predicted molar refractivity (Wildman–Crippen MR) is 87.1 cm³/mol. The van der Waals surface area contributed by atoms with E-state index in [4.69, 9.17) is 10.5 Å². The summed E-state index contributed by atoms with van der Waals surface area (Å²) in [5.74, 6) is 1.85. The van der Waals surface area contributed by atoms with Gasteiger partial charge in [0.05, 0.1) is 11.5 Å². The maximum absolute atomic E-state index is 12.9. The number of nitrogens with zero attached hydrogens (tertiary/aromatic N) is 1. The second-order valence-corrected chi connectivity index (χ2v) is 8.18. The molecule has 21 heavy (non-hydrogen) atoms. The van der Waals surface area contributed by atoms with Crippen molar-refractivity contribution in [3.8, 4) is 0 Å². The van der Waals surface area contributed by atoms with E-state index in [1.165, 1.54) is 0 Å². The van der Waals surface area contributed by atoms with Gasteiger partial charge in [0.15, 0.2) is 0 Å². The highest BCUT2D eigenvalue weighted by molar-refractivity contribution is 7.99. The number of anilines is 1. The summed E-state index contributed by atoms with van der Waals surface area (Å²) in [5, 5.41) is 0. The van der Waals surface area contributed by atoms with E-state index in [1.807, 2.05) is 6.92 Å². The molecule has 0 saturated carbocycles. The molecule has 118 valence electrons. The molecule has 1 saturated heterocycles. The molecule has 1 heterocycles. The quantitative estimate of drug-likeness (QED) is 0.804. The average Bonchev–Trinajstić information content (AvgIpc) is 2.96. The van der Waals surface area contributed by atoms with Crippen LogP contribution in [-0.4, -0.2) is 50.5 Å². The fourth-order valence-corrected chi connectivity index (χ4v) is 5.42. The van der Waals surface area contributed by atoms with Gasteiger partial charge in [-0.1, -0.05) is 0 Å². The van der Waals surface area contributed by atoms with Gasteiger partial charge < -0.3 is 10.5 Å². The van der Waals surface area contributed by atoms with Crippen molar-refractivity contribution < 1.29 is 13.2 Å². The summed E-state index contributed by atoms with van der Waals surface area (Å²) in [6.45, 7) is 2.60. The lowest BCUT2D eigenvalue weighted by molar-refractivity contribution is 0.169. The molecule has 1 aliphatic heterocycles. The maximum Gasteiger partial charge on any atom is 0.243 e. The average molecular weight is 330 g/mol. The molecule has 1 aliphatic rings. The monoisotopic (exact) mass is 330 g/mol. The van der Waals surface area contributed by atoms with Crippen LogP contribution in [-0.2, 0) is 14.8 Å². The molecule has 1 unspecified atom stereocenters. The van der Waals surface area contributed by atoms with Gasteiger partial charge in [0.25, 0.3) is 0 Å². The van der Waals surface area contributed by atoms with Crippen molar-refractivity contribution in [1.82, 2.24) is 4.31 Å². The third-order valence-electron chi connectivity index (χ3n) is 3.68. The van der Waals surface area contributed by atoms with Gasteiger partial charge in [0, 0.05) is 31.1 Å². The fourth-order valence-electron chi connectivity index (χ4n) is 2.37. The Morgan fingerprint density at radius 2 is 2.24 bits per heavy atom. The van der Waals surface area contributed by atoms with Gasteiger partial charge in [-0.3, -0.25) is 0 Å². The van der Waals surface area contributed by atoms with E-state index in [0.29, 0.717) is 23.7 Å². The highest BCUT2D eigenvalue weighted by Gasteiger charge is 2.33. The van der Waals surface area contributed by atoms with Crippen LogP contribution in [0.2, 0.25) is 0 Å². The molecule has 0 spiro atoms. The number of methoxy groups -OCH3 is 1. The molecule has 2 N–H and O–H groups in total. The fraction of sp³-hybridized carbons (Fsp3) is 0.571. The van der Waals surface area contributed by atoms with Gasteiger partial charge in [-0.15, -0.1) is 0 Å². The Balaban J connectivity index is 2.33. The summed E-state index contributed by atoms with van der Waals surface area (Å²) in [5.41, 5.74) is 7.17. The number of nitrogen functional groups attached to an aromatic ring is 1. The van der Waals surface area contributed by atoms with Crippen LogP contribution in [0.5, 0.6) is 0 Å². The third-order valence-corrected chi connectivity index (χ3v) is 6.77. The summed E-state index contributed by atoms with van der Waals surface area (Å²) >= 11 is 1.79. The Kier molecular flexibility index (Phi) is 5.54. The molecule has 7 heteroatoms. The lowest BCUT2D eigenvalue weighted by Gasteiger charge is -2.27. The number of thioether (sulfide) groups is 1. The zero-order valence-electron chi connectivity index (χ0n) is 12.4. The first-order valence-electron chi connectivity index (χ1n) is 6.91. The Morgan fingerprint density at radius 1 is 1.48 bits per heavy atom. The van der Waals surface area contributed by atoms with E-state index in [0.717, 1.165) is 23.5 Å². The topological polar surface area (TPSA) is 72.6 Å². The van der Waals surface area contributed by atoms with Crippen LogP contribution in [0, 0.1) is 6.92 Å². The number of benzene rings is 1. The minimum absolute atomic E-state index is 0.0491. The Bertz CT molecular complexity index is 584. The molecule has 5 nitrogen and oxygen atoms in total. The molecule has 1 aromatic rings. The van der Waals surface area contributed by atoms with Gasteiger partial charge in [-0.05, 0) is 42.9 Å². The van der Waals surface area contributed by atoms with Crippen molar-refractivity contribution >= 4 is 27.5 Å². The molecule has 0 aliphatic carbocycles. The highest BCUT2D eigenvalue weighted by atomic mass is 32.2. The van der Waals surface area contributed by atoms with Crippen LogP contribution in [0.3, 0.4) is 0 Å². The van der Waals surface area contributed by atoms with Crippen LogP contribution in [0.1, 0.15) is 12.0 Å². The maximum atomic E-state index is 12.9. The molecule has 2 rings (SSSR count). The van der Waals surface area contributed by atoms with E-state index in [1.54, 1.807) is 41.4 Å². The van der Waals surface area contributed by atoms with Crippen molar-refractivity contribution in [2.75, 3.05) is 37.5 Å². The number of ether oxygens (including phenoxy) is 1. The van der Waals surface area contributed by atoms with Crippen molar-refractivity contribution in [3.63, 3.8) is 0 Å². The lowest BCUT2D eigenvalue weighted by atomic mass is 10.2. The second-order valence-electron chi connectivity index (χ2n) is 5.14. The number of hydrogen-bond acceptors (Lipinski definition) is 5. The second kappa shape index (κ2) is 7.00. The molecule has 1 fully saturated rings. The summed E-state index contributed by atoms with van der Waals surface area (Å²) < 4.78 is 32.5. The van der Waals surface area contributed by atoms with Gasteiger partial charge in [-0.2, -0.15) is 16.1 Å². The van der Waals surface area contributed by atoms with E-state index >= 15 is 0 Å². The zero-order valence-corrected chi connectivity index (χ0v) is 14.0. The summed E-state index contributed by atoms with van der Waals surface area (Å²) in [6, 6.07) is 4.93. The molecular formula is C14H22N2O3S2. The first-order chi connectivity index (χ1) is 9.96. The van der Waals surface area contributed by atoms with Crippen LogP contribution < -0.4 is 5.73 Å². The molecule has 0 bridgehead atoms. The zero-order chi connectivity index (χ0) is 15.5. The largest absolute Gasteiger partial charge is 0.399 e. The molecule has 1 atom stereocenters. The number of aryl methyl sites for hydroxylation is 1. The van der Waals surface area contributed by atoms with Crippen LogP contribution in [0.4, 0.5) is 5.69 Å². The van der Waals surface area contributed by atoms with Crippen LogP contribution in [0.15, 0.2) is 23.1 Å². The molecule has 1 aromatic carbocycles. The number of rotatable bonds is 6. The Labute approximate surface area is 130 Å². The molecular weight excluding hydrogens is 308 g/mol.